The van der Waals surface area contributed by atoms with E-state index in [9.17, 15) is 9.90 Å². The fourth-order valence-corrected chi connectivity index (χ4v) is 2.09. The Hall–Kier alpha value is -2.24. The van der Waals surface area contributed by atoms with Crippen LogP contribution in [0.25, 0.3) is 11.4 Å². The lowest BCUT2D eigenvalue weighted by atomic mass is 10.0. The number of aryl methyl sites for hydroxylation is 1. The van der Waals surface area contributed by atoms with Crippen molar-refractivity contribution >= 4 is 5.97 Å². The van der Waals surface area contributed by atoms with E-state index in [4.69, 9.17) is 0 Å². The number of aliphatic carboxylic acids is 1. The molecule has 1 atom stereocenters. The van der Waals surface area contributed by atoms with E-state index in [-0.39, 0.29) is 5.92 Å². The quantitative estimate of drug-likeness (QED) is 0.908. The van der Waals surface area contributed by atoms with Crippen molar-refractivity contribution in [3.05, 3.63) is 30.4 Å². The second-order valence-corrected chi connectivity index (χ2v) is 4.71. The van der Waals surface area contributed by atoms with Crippen molar-refractivity contribution in [2.75, 3.05) is 0 Å². The summed E-state index contributed by atoms with van der Waals surface area (Å²) in [6.07, 6.45) is 3.31. The molecule has 6 nitrogen and oxygen atoms in total. The maximum atomic E-state index is 11.5. The summed E-state index contributed by atoms with van der Waals surface area (Å²) in [5.41, 5.74) is 0.759. The zero-order valence-electron chi connectivity index (χ0n) is 11.1. The van der Waals surface area contributed by atoms with Crippen molar-refractivity contribution in [3.63, 3.8) is 0 Å². The number of hydrogen-bond acceptors (Lipinski definition) is 4. The van der Waals surface area contributed by atoms with Gasteiger partial charge in [-0.1, -0.05) is 13.8 Å². The Morgan fingerprint density at radius 2 is 2.11 bits per heavy atom. The third kappa shape index (κ3) is 2.47. The molecule has 100 valence electrons. The molecule has 1 N–H and O–H groups in total. The smallest absolute Gasteiger partial charge is 0.327 e. The maximum absolute atomic E-state index is 11.5. The van der Waals surface area contributed by atoms with E-state index in [2.05, 4.69) is 15.2 Å². The van der Waals surface area contributed by atoms with Gasteiger partial charge < -0.3 is 5.11 Å². The van der Waals surface area contributed by atoms with Crippen LogP contribution in [0.15, 0.2) is 24.5 Å². The van der Waals surface area contributed by atoms with E-state index in [1.54, 1.807) is 30.0 Å². The van der Waals surface area contributed by atoms with Gasteiger partial charge in [0.1, 0.15) is 11.9 Å². The Morgan fingerprint density at radius 1 is 1.37 bits per heavy atom. The van der Waals surface area contributed by atoms with E-state index in [1.165, 1.54) is 0 Å². The molecule has 2 heterocycles. The summed E-state index contributed by atoms with van der Waals surface area (Å²) in [6, 6.07) is 2.94. The van der Waals surface area contributed by atoms with Crippen molar-refractivity contribution in [1.29, 1.82) is 0 Å². The van der Waals surface area contributed by atoms with Gasteiger partial charge in [-0.3, -0.25) is 9.55 Å². The Kier molecular flexibility index (Phi) is 3.59. The van der Waals surface area contributed by atoms with Gasteiger partial charge in [-0.05, 0) is 25.0 Å². The maximum Gasteiger partial charge on any atom is 0.327 e. The molecule has 2 rings (SSSR count). The van der Waals surface area contributed by atoms with Gasteiger partial charge in [0.25, 0.3) is 0 Å². The zero-order valence-corrected chi connectivity index (χ0v) is 11.1. The molecule has 2 aromatic heterocycles. The van der Waals surface area contributed by atoms with Crippen molar-refractivity contribution < 1.29 is 9.90 Å². The third-order valence-corrected chi connectivity index (χ3v) is 2.95. The highest BCUT2D eigenvalue weighted by Gasteiger charge is 2.28. The lowest BCUT2D eigenvalue weighted by Crippen LogP contribution is -2.25. The van der Waals surface area contributed by atoms with Crippen LogP contribution >= 0.6 is 0 Å². The Balaban J connectivity index is 2.57. The molecule has 0 aliphatic heterocycles. The molecule has 1 unspecified atom stereocenters. The van der Waals surface area contributed by atoms with Crippen LogP contribution in [-0.2, 0) is 4.79 Å². The van der Waals surface area contributed by atoms with Crippen LogP contribution in [0.2, 0.25) is 0 Å². The first-order valence-electron chi connectivity index (χ1n) is 6.07. The number of hydrogen-bond donors (Lipinski definition) is 1. The van der Waals surface area contributed by atoms with Crippen molar-refractivity contribution in [1.82, 2.24) is 19.7 Å². The zero-order chi connectivity index (χ0) is 14.0. The highest BCUT2D eigenvalue weighted by molar-refractivity contribution is 5.73. The van der Waals surface area contributed by atoms with Gasteiger partial charge in [0.05, 0.1) is 0 Å². The van der Waals surface area contributed by atoms with Gasteiger partial charge in [0, 0.05) is 18.0 Å². The molecule has 0 aliphatic rings. The van der Waals surface area contributed by atoms with E-state index in [0.29, 0.717) is 11.6 Å². The van der Waals surface area contributed by atoms with Gasteiger partial charge in [-0.15, -0.1) is 10.2 Å². The molecular formula is C13H16N4O2. The highest BCUT2D eigenvalue weighted by Crippen LogP contribution is 2.26. The summed E-state index contributed by atoms with van der Waals surface area (Å²) >= 11 is 0. The predicted octanol–water partition coefficient (Wildman–Crippen LogP) is 1.93. The van der Waals surface area contributed by atoms with Crippen LogP contribution in [-0.4, -0.2) is 30.8 Å². The first-order chi connectivity index (χ1) is 9.02. The fourth-order valence-electron chi connectivity index (χ4n) is 2.09. The minimum atomic E-state index is -0.886. The Bertz CT molecular complexity index is 578. The van der Waals surface area contributed by atoms with Crippen molar-refractivity contribution in [2.24, 2.45) is 5.92 Å². The summed E-state index contributed by atoms with van der Waals surface area (Å²) in [5.74, 6) is 0.164. The molecule has 0 spiro atoms. The van der Waals surface area contributed by atoms with Gasteiger partial charge in [0.2, 0.25) is 0 Å². The largest absolute Gasteiger partial charge is 0.480 e. The molecule has 0 fully saturated rings. The predicted molar refractivity (Wildman–Crippen MR) is 69.5 cm³/mol. The summed E-state index contributed by atoms with van der Waals surface area (Å²) < 4.78 is 1.66. The van der Waals surface area contributed by atoms with Crippen LogP contribution in [0.3, 0.4) is 0 Å². The number of carboxylic acids is 1. The molecular weight excluding hydrogens is 244 g/mol. The fraction of sp³-hybridized carbons (Fsp3) is 0.385. The van der Waals surface area contributed by atoms with Crippen LogP contribution in [0, 0.1) is 12.8 Å². The monoisotopic (exact) mass is 260 g/mol. The standard InChI is InChI=1S/C13H16N4O2/c1-8(2)11(13(18)19)17-9(3)15-16-12(17)10-5-4-6-14-7-10/h4-8,11H,1-3H3,(H,18,19). The minimum absolute atomic E-state index is 0.0670. The number of carboxylic acid groups (broad SMARTS) is 1. The van der Waals surface area contributed by atoms with E-state index >= 15 is 0 Å². The average molecular weight is 260 g/mol. The topological polar surface area (TPSA) is 80.9 Å². The molecule has 0 aromatic carbocycles. The van der Waals surface area contributed by atoms with E-state index in [0.717, 1.165) is 5.56 Å². The van der Waals surface area contributed by atoms with Crippen molar-refractivity contribution in [3.8, 4) is 11.4 Å². The molecule has 2 aromatic rings. The number of carbonyl (C=O) groups is 1. The minimum Gasteiger partial charge on any atom is -0.480 e. The van der Waals surface area contributed by atoms with Gasteiger partial charge in [-0.25, -0.2) is 4.79 Å². The van der Waals surface area contributed by atoms with Crippen LogP contribution in [0.4, 0.5) is 0 Å². The molecule has 0 saturated heterocycles. The third-order valence-electron chi connectivity index (χ3n) is 2.95. The lowest BCUT2D eigenvalue weighted by Gasteiger charge is -2.20. The number of pyridine rings is 1. The molecule has 0 bridgehead atoms. The second kappa shape index (κ2) is 5.17. The molecule has 0 saturated carbocycles. The van der Waals surface area contributed by atoms with Gasteiger partial charge >= 0.3 is 5.97 Å². The normalized spacial score (nSPS) is 12.6. The van der Waals surface area contributed by atoms with Crippen LogP contribution in [0.1, 0.15) is 25.7 Å². The first kappa shape index (κ1) is 13.2. The number of rotatable bonds is 4. The summed E-state index contributed by atoms with van der Waals surface area (Å²) in [5, 5.41) is 17.5. The van der Waals surface area contributed by atoms with E-state index < -0.39 is 12.0 Å². The van der Waals surface area contributed by atoms with Gasteiger partial charge in [0.15, 0.2) is 5.82 Å². The average Bonchev–Trinajstić information content (AvgIpc) is 2.72. The number of nitrogens with zero attached hydrogens (tertiary/aromatic N) is 4. The SMILES string of the molecule is Cc1nnc(-c2cccnc2)n1C(C(=O)O)C(C)C. The number of aromatic nitrogens is 4. The Morgan fingerprint density at radius 3 is 2.63 bits per heavy atom. The molecule has 0 aliphatic carbocycles. The summed E-state index contributed by atoms with van der Waals surface area (Å²) in [6.45, 7) is 5.49. The molecule has 0 amide bonds. The lowest BCUT2D eigenvalue weighted by molar-refractivity contribution is -0.142. The summed E-state index contributed by atoms with van der Waals surface area (Å²) in [4.78, 5) is 15.5. The molecule has 6 heteroatoms. The Labute approximate surface area is 111 Å². The van der Waals surface area contributed by atoms with Crippen molar-refractivity contribution in [2.45, 2.75) is 26.8 Å². The van der Waals surface area contributed by atoms with Gasteiger partial charge in [-0.2, -0.15) is 0 Å². The van der Waals surface area contributed by atoms with Crippen LogP contribution < -0.4 is 0 Å². The highest BCUT2D eigenvalue weighted by atomic mass is 16.4. The van der Waals surface area contributed by atoms with E-state index in [1.807, 2.05) is 19.9 Å². The molecule has 19 heavy (non-hydrogen) atoms. The second-order valence-electron chi connectivity index (χ2n) is 4.71. The summed E-state index contributed by atoms with van der Waals surface area (Å²) in [7, 11) is 0. The molecule has 0 radical (unpaired) electrons. The van der Waals surface area contributed by atoms with Crippen LogP contribution in [0.5, 0.6) is 0 Å². The first-order valence-corrected chi connectivity index (χ1v) is 6.07.